The molecule has 2 rings (SSSR count). The zero-order chi connectivity index (χ0) is 14.4. The maximum atomic E-state index is 12.3. The van der Waals surface area contributed by atoms with Crippen LogP contribution >= 0.6 is 0 Å². The van der Waals surface area contributed by atoms with E-state index in [2.05, 4.69) is 10.0 Å². The van der Waals surface area contributed by atoms with Crippen LogP contribution in [0.15, 0.2) is 29.2 Å². The van der Waals surface area contributed by atoms with Crippen LogP contribution in [0.4, 0.5) is 0 Å². The zero-order valence-electron chi connectivity index (χ0n) is 11.8. The Kier molecular flexibility index (Phi) is 5.54. The molecule has 1 aromatic rings. The van der Waals surface area contributed by atoms with Gasteiger partial charge < -0.3 is 10.1 Å². The van der Waals surface area contributed by atoms with Gasteiger partial charge in [-0.05, 0) is 43.5 Å². The van der Waals surface area contributed by atoms with Crippen molar-refractivity contribution in [3.8, 4) is 0 Å². The Morgan fingerprint density at radius 1 is 1.40 bits per heavy atom. The fourth-order valence-corrected chi connectivity index (χ4v) is 3.49. The molecule has 0 aliphatic carbocycles. The SMILES string of the molecule is CNCc1cccc(S(=O)(=O)NCC2CCCOC2)c1. The van der Waals surface area contributed by atoms with Crippen LogP contribution in [-0.2, 0) is 21.3 Å². The maximum absolute atomic E-state index is 12.3. The van der Waals surface area contributed by atoms with E-state index in [-0.39, 0.29) is 5.92 Å². The van der Waals surface area contributed by atoms with Crippen molar-refractivity contribution in [3.05, 3.63) is 29.8 Å². The second-order valence-corrected chi connectivity index (χ2v) is 6.88. The zero-order valence-corrected chi connectivity index (χ0v) is 12.6. The summed E-state index contributed by atoms with van der Waals surface area (Å²) in [6, 6.07) is 7.00. The van der Waals surface area contributed by atoms with E-state index in [1.165, 1.54) is 0 Å². The quantitative estimate of drug-likeness (QED) is 0.825. The lowest BCUT2D eigenvalue weighted by atomic mass is 10.0. The first-order valence-corrected chi connectivity index (χ1v) is 8.41. The van der Waals surface area contributed by atoms with Crippen LogP contribution in [0.3, 0.4) is 0 Å². The molecule has 1 atom stereocenters. The minimum atomic E-state index is -3.43. The third-order valence-electron chi connectivity index (χ3n) is 3.41. The molecule has 112 valence electrons. The molecule has 20 heavy (non-hydrogen) atoms. The summed E-state index contributed by atoms with van der Waals surface area (Å²) >= 11 is 0. The molecule has 0 amide bonds. The monoisotopic (exact) mass is 298 g/mol. The number of hydrogen-bond donors (Lipinski definition) is 2. The highest BCUT2D eigenvalue weighted by Gasteiger charge is 2.19. The van der Waals surface area contributed by atoms with Crippen LogP contribution in [0.25, 0.3) is 0 Å². The number of nitrogens with one attached hydrogen (secondary N) is 2. The summed E-state index contributed by atoms with van der Waals surface area (Å²) < 4.78 is 32.6. The van der Waals surface area contributed by atoms with Crippen LogP contribution in [0.2, 0.25) is 0 Å². The molecule has 1 aliphatic rings. The molecule has 0 aromatic heterocycles. The first-order chi connectivity index (χ1) is 9.62. The molecule has 1 unspecified atom stereocenters. The molecule has 5 nitrogen and oxygen atoms in total. The Morgan fingerprint density at radius 3 is 2.95 bits per heavy atom. The summed E-state index contributed by atoms with van der Waals surface area (Å²) in [7, 11) is -1.60. The minimum Gasteiger partial charge on any atom is -0.381 e. The van der Waals surface area contributed by atoms with E-state index in [1.54, 1.807) is 18.2 Å². The first-order valence-electron chi connectivity index (χ1n) is 6.93. The number of hydrogen-bond acceptors (Lipinski definition) is 4. The summed E-state index contributed by atoms with van der Waals surface area (Å²) in [5, 5.41) is 3.01. The predicted molar refractivity (Wildman–Crippen MR) is 77.9 cm³/mol. The van der Waals surface area contributed by atoms with Crippen molar-refractivity contribution in [2.75, 3.05) is 26.8 Å². The van der Waals surface area contributed by atoms with Gasteiger partial charge in [-0.2, -0.15) is 0 Å². The summed E-state index contributed by atoms with van der Waals surface area (Å²) in [6.07, 6.45) is 2.02. The van der Waals surface area contributed by atoms with Gasteiger partial charge in [0, 0.05) is 19.7 Å². The van der Waals surface area contributed by atoms with E-state index in [0.29, 0.717) is 24.6 Å². The van der Waals surface area contributed by atoms with Gasteiger partial charge in [-0.3, -0.25) is 0 Å². The standard InChI is InChI=1S/C14H22N2O3S/c1-15-9-12-4-2-6-14(8-12)20(17,18)16-10-13-5-3-7-19-11-13/h2,4,6,8,13,15-16H,3,5,7,9-11H2,1H3. The van der Waals surface area contributed by atoms with Crippen molar-refractivity contribution in [2.45, 2.75) is 24.3 Å². The minimum absolute atomic E-state index is 0.277. The van der Waals surface area contributed by atoms with Crippen molar-refractivity contribution >= 4 is 10.0 Å². The fraction of sp³-hybridized carbons (Fsp3) is 0.571. The summed E-state index contributed by atoms with van der Waals surface area (Å²) in [4.78, 5) is 0.321. The van der Waals surface area contributed by atoms with Crippen molar-refractivity contribution < 1.29 is 13.2 Å². The molecule has 0 radical (unpaired) electrons. The molecule has 6 heteroatoms. The van der Waals surface area contributed by atoms with Crippen LogP contribution < -0.4 is 10.0 Å². The Balaban J connectivity index is 2.00. The van der Waals surface area contributed by atoms with E-state index >= 15 is 0 Å². The lowest BCUT2D eigenvalue weighted by Crippen LogP contribution is -2.33. The third kappa shape index (κ3) is 4.28. The Bertz CT molecular complexity index is 525. The molecule has 0 bridgehead atoms. The molecular weight excluding hydrogens is 276 g/mol. The Morgan fingerprint density at radius 2 is 2.25 bits per heavy atom. The van der Waals surface area contributed by atoms with Crippen molar-refractivity contribution in [1.82, 2.24) is 10.0 Å². The normalized spacial score (nSPS) is 19.9. The summed E-state index contributed by atoms with van der Waals surface area (Å²) in [5.41, 5.74) is 0.955. The number of ether oxygens (including phenoxy) is 1. The third-order valence-corrected chi connectivity index (χ3v) is 4.83. The van der Waals surface area contributed by atoms with Crippen LogP contribution in [0.1, 0.15) is 18.4 Å². The lowest BCUT2D eigenvalue weighted by molar-refractivity contribution is 0.0568. The topological polar surface area (TPSA) is 67.4 Å². The average Bonchev–Trinajstić information content (AvgIpc) is 2.47. The molecular formula is C14H22N2O3S. The highest BCUT2D eigenvalue weighted by molar-refractivity contribution is 7.89. The van der Waals surface area contributed by atoms with E-state index in [0.717, 1.165) is 25.0 Å². The molecule has 2 N–H and O–H groups in total. The molecule has 1 heterocycles. The lowest BCUT2D eigenvalue weighted by Gasteiger charge is -2.22. The van der Waals surface area contributed by atoms with Gasteiger partial charge in [-0.25, -0.2) is 13.1 Å². The van der Waals surface area contributed by atoms with Gasteiger partial charge in [0.25, 0.3) is 0 Å². The van der Waals surface area contributed by atoms with Crippen LogP contribution in [0, 0.1) is 5.92 Å². The molecule has 1 aromatic carbocycles. The van der Waals surface area contributed by atoms with E-state index in [1.807, 2.05) is 13.1 Å². The highest BCUT2D eigenvalue weighted by atomic mass is 32.2. The predicted octanol–water partition coefficient (Wildman–Crippen LogP) is 1.11. The highest BCUT2D eigenvalue weighted by Crippen LogP contribution is 2.15. The van der Waals surface area contributed by atoms with Gasteiger partial charge >= 0.3 is 0 Å². The van der Waals surface area contributed by atoms with Gasteiger partial charge in [0.1, 0.15) is 0 Å². The van der Waals surface area contributed by atoms with E-state index in [4.69, 9.17) is 4.74 Å². The maximum Gasteiger partial charge on any atom is 0.240 e. The second-order valence-electron chi connectivity index (χ2n) is 5.11. The average molecular weight is 298 g/mol. The van der Waals surface area contributed by atoms with Gasteiger partial charge in [-0.1, -0.05) is 12.1 Å². The number of benzene rings is 1. The van der Waals surface area contributed by atoms with E-state index in [9.17, 15) is 8.42 Å². The van der Waals surface area contributed by atoms with Crippen LogP contribution in [-0.4, -0.2) is 35.2 Å². The van der Waals surface area contributed by atoms with Gasteiger partial charge in [-0.15, -0.1) is 0 Å². The van der Waals surface area contributed by atoms with E-state index < -0.39 is 10.0 Å². The number of rotatable bonds is 6. The molecule has 1 fully saturated rings. The number of sulfonamides is 1. The smallest absolute Gasteiger partial charge is 0.240 e. The first kappa shape index (κ1) is 15.4. The van der Waals surface area contributed by atoms with Crippen molar-refractivity contribution in [3.63, 3.8) is 0 Å². The van der Waals surface area contributed by atoms with Gasteiger partial charge in [0.15, 0.2) is 0 Å². The second kappa shape index (κ2) is 7.17. The summed E-state index contributed by atoms with van der Waals surface area (Å²) in [5.74, 6) is 0.277. The van der Waals surface area contributed by atoms with Crippen molar-refractivity contribution in [1.29, 1.82) is 0 Å². The molecule has 1 saturated heterocycles. The van der Waals surface area contributed by atoms with Gasteiger partial charge in [0.05, 0.1) is 11.5 Å². The fourth-order valence-electron chi connectivity index (χ4n) is 2.31. The Hall–Kier alpha value is -0.950. The molecule has 0 spiro atoms. The molecule has 1 aliphatic heterocycles. The van der Waals surface area contributed by atoms with Crippen LogP contribution in [0.5, 0.6) is 0 Å². The largest absolute Gasteiger partial charge is 0.381 e. The van der Waals surface area contributed by atoms with Crippen molar-refractivity contribution in [2.24, 2.45) is 5.92 Å². The summed E-state index contributed by atoms with van der Waals surface area (Å²) in [6.45, 7) is 2.52. The van der Waals surface area contributed by atoms with Gasteiger partial charge in [0.2, 0.25) is 10.0 Å². The molecule has 0 saturated carbocycles. The Labute approximate surface area is 120 Å².